The van der Waals surface area contributed by atoms with Crippen molar-refractivity contribution >= 4 is 11.4 Å². The molecule has 9 rings (SSSR count). The first-order valence-electron chi connectivity index (χ1n) is 14.7. The van der Waals surface area contributed by atoms with E-state index in [4.69, 9.17) is 20.0 Å². The van der Waals surface area contributed by atoms with Crippen LogP contribution in [0.1, 0.15) is 0 Å². The zero-order valence-corrected chi connectivity index (χ0v) is 23.6. The Morgan fingerprint density at radius 3 is 1.68 bits per heavy atom. The van der Waals surface area contributed by atoms with Crippen molar-refractivity contribution in [2.45, 2.75) is 0 Å². The number of para-hydroxylation sites is 1. The lowest BCUT2D eigenvalue weighted by atomic mass is 9.89. The third-order valence-corrected chi connectivity index (χ3v) is 8.43. The third kappa shape index (κ3) is 3.85. The Kier molecular flexibility index (Phi) is 5.47. The van der Waals surface area contributed by atoms with Crippen LogP contribution >= 0.6 is 0 Å². The average Bonchev–Trinajstić information content (AvgIpc) is 3.67. The van der Waals surface area contributed by atoms with Crippen LogP contribution in [0.25, 0.3) is 56.2 Å². The molecule has 4 heteroatoms. The van der Waals surface area contributed by atoms with Gasteiger partial charge < -0.3 is 0 Å². The van der Waals surface area contributed by atoms with Gasteiger partial charge in [0, 0.05) is 38.3 Å². The highest BCUT2D eigenvalue weighted by Gasteiger charge is 2.28. The lowest BCUT2D eigenvalue weighted by Crippen LogP contribution is -2.03. The highest BCUT2D eigenvalue weighted by Crippen LogP contribution is 2.49. The summed E-state index contributed by atoms with van der Waals surface area (Å²) in [6.45, 7) is 0. The zero-order chi connectivity index (χ0) is 29.0. The monoisotopic (exact) mass is 560 g/mol. The summed E-state index contributed by atoms with van der Waals surface area (Å²) in [6.07, 6.45) is 0. The minimum absolute atomic E-state index is 0.664. The van der Waals surface area contributed by atoms with E-state index in [9.17, 15) is 0 Å². The van der Waals surface area contributed by atoms with Crippen LogP contribution < -0.4 is 10.7 Å². The summed E-state index contributed by atoms with van der Waals surface area (Å²) in [5.41, 5.74) is 10.9. The van der Waals surface area contributed by atoms with E-state index >= 15 is 0 Å². The first-order chi connectivity index (χ1) is 21.8. The maximum atomic E-state index is 5.29. The highest BCUT2D eigenvalue weighted by atomic mass is 14.9. The molecule has 4 nitrogen and oxygen atoms in total. The molecule has 0 unspecified atom stereocenters. The second kappa shape index (κ2) is 9.79. The van der Waals surface area contributed by atoms with Crippen molar-refractivity contribution in [2.24, 2.45) is 9.98 Å². The molecule has 0 aliphatic carbocycles. The highest BCUT2D eigenvalue weighted by molar-refractivity contribution is 6.02. The Morgan fingerprint density at radius 1 is 0.386 bits per heavy atom. The van der Waals surface area contributed by atoms with Crippen LogP contribution in [0.4, 0.5) is 11.4 Å². The van der Waals surface area contributed by atoms with Crippen LogP contribution in [0, 0.1) is 10.4 Å². The molecule has 44 heavy (non-hydrogen) atoms. The lowest BCUT2D eigenvalue weighted by Gasteiger charge is -2.17. The molecule has 0 saturated heterocycles. The molecule has 6 aromatic carbocycles. The summed E-state index contributed by atoms with van der Waals surface area (Å²) < 4.78 is 0. The van der Waals surface area contributed by atoms with Crippen molar-refractivity contribution in [3.05, 3.63) is 167 Å². The Labute approximate surface area is 253 Å². The molecule has 1 aromatic heterocycles. The zero-order valence-electron chi connectivity index (χ0n) is 23.6. The normalized spacial score (nSPS) is 12.0. The van der Waals surface area contributed by atoms with E-state index in [1.54, 1.807) is 0 Å². The summed E-state index contributed by atoms with van der Waals surface area (Å²) in [6, 6.07) is 50.1. The van der Waals surface area contributed by atoms with Gasteiger partial charge in [-0.2, -0.15) is 0 Å². The van der Waals surface area contributed by atoms with E-state index in [1.807, 2.05) is 48.5 Å². The van der Waals surface area contributed by atoms with E-state index in [0.29, 0.717) is 5.82 Å². The van der Waals surface area contributed by atoms with Crippen molar-refractivity contribution in [1.29, 1.82) is 0 Å². The number of rotatable bonds is 4. The number of hydrogen-bond acceptors (Lipinski definition) is 4. The summed E-state index contributed by atoms with van der Waals surface area (Å²) in [7, 11) is 0. The van der Waals surface area contributed by atoms with E-state index in [-0.39, 0.29) is 0 Å². The topological polar surface area (TPSA) is 50.5 Å². The maximum Gasteiger partial charge on any atom is 0.161 e. The van der Waals surface area contributed by atoms with E-state index in [0.717, 1.165) is 82.9 Å². The Balaban J connectivity index is 1.40. The van der Waals surface area contributed by atoms with Crippen LogP contribution in [-0.4, -0.2) is 9.97 Å². The fraction of sp³-hybridized carbons (Fsp3) is 0. The van der Waals surface area contributed by atoms with Gasteiger partial charge in [-0.15, -0.1) is 0 Å². The largest absolute Gasteiger partial charge is 0.248 e. The van der Waals surface area contributed by atoms with Crippen LogP contribution in [0.5, 0.6) is 0 Å². The molecule has 204 valence electrons. The first kappa shape index (κ1) is 24.6. The number of hydrogen-bond donors (Lipinski definition) is 0. The second-order valence-corrected chi connectivity index (χ2v) is 11.0. The van der Waals surface area contributed by atoms with Gasteiger partial charge >= 0.3 is 0 Å². The third-order valence-electron chi connectivity index (χ3n) is 8.43. The summed E-state index contributed by atoms with van der Waals surface area (Å²) in [5, 5.41) is 4.18. The summed E-state index contributed by atoms with van der Waals surface area (Å²) in [4.78, 5) is 20.8. The number of fused-ring (bicyclic) bond motifs is 6. The van der Waals surface area contributed by atoms with Crippen molar-refractivity contribution < 1.29 is 0 Å². The van der Waals surface area contributed by atoms with E-state index < -0.39 is 0 Å². The van der Waals surface area contributed by atoms with Crippen LogP contribution in [0.3, 0.4) is 0 Å². The average molecular weight is 561 g/mol. The minimum Gasteiger partial charge on any atom is -0.248 e. The number of aromatic nitrogens is 2. The molecular weight excluding hydrogens is 536 g/mol. The Morgan fingerprint density at radius 2 is 1.00 bits per heavy atom. The van der Waals surface area contributed by atoms with Crippen molar-refractivity contribution in [2.75, 3.05) is 0 Å². The number of nitrogens with zero attached hydrogens (tertiary/aromatic N) is 4. The molecule has 0 spiro atoms. The molecule has 0 amide bonds. The van der Waals surface area contributed by atoms with Gasteiger partial charge in [0.15, 0.2) is 5.82 Å². The molecule has 0 radical (unpaired) electrons. The molecule has 0 saturated carbocycles. The Bertz CT molecular complexity index is 2420. The van der Waals surface area contributed by atoms with Gasteiger partial charge in [0.1, 0.15) is 0 Å². The van der Waals surface area contributed by atoms with Gasteiger partial charge in [0.2, 0.25) is 0 Å². The molecule has 2 aliphatic rings. The fourth-order valence-electron chi connectivity index (χ4n) is 6.40. The van der Waals surface area contributed by atoms with E-state index in [2.05, 4.69) is 97.1 Å². The summed E-state index contributed by atoms with van der Waals surface area (Å²) >= 11 is 0. The van der Waals surface area contributed by atoms with Gasteiger partial charge in [-0.1, -0.05) is 115 Å². The van der Waals surface area contributed by atoms with Gasteiger partial charge in [-0.3, -0.25) is 0 Å². The Hall–Kier alpha value is -6.00. The van der Waals surface area contributed by atoms with E-state index in [1.165, 1.54) is 0 Å². The SMILES string of the molecule is c1ccc(-c2cc(-c3ccccc3)nc(-c3c(-c4ccccc4)ccc4c3-c3c5c(ccc3=N4)=c3ccccc3=N5)n2)cc1. The van der Waals surface area contributed by atoms with Gasteiger partial charge in [-0.25, -0.2) is 20.0 Å². The predicted octanol–water partition coefficient (Wildman–Crippen LogP) is 8.63. The van der Waals surface area contributed by atoms with Crippen LogP contribution in [-0.2, 0) is 0 Å². The lowest BCUT2D eigenvalue weighted by molar-refractivity contribution is 1.18. The van der Waals surface area contributed by atoms with Gasteiger partial charge in [-0.05, 0) is 41.5 Å². The molecule has 2 aliphatic heterocycles. The van der Waals surface area contributed by atoms with Crippen LogP contribution in [0.2, 0.25) is 0 Å². The van der Waals surface area contributed by atoms with Gasteiger partial charge in [0.25, 0.3) is 0 Å². The quantitative estimate of drug-likeness (QED) is 0.216. The molecule has 0 bridgehead atoms. The first-order valence-corrected chi connectivity index (χ1v) is 14.7. The van der Waals surface area contributed by atoms with Crippen LogP contribution in [0.15, 0.2) is 156 Å². The predicted molar refractivity (Wildman–Crippen MR) is 175 cm³/mol. The molecular formula is C40H24N4. The maximum absolute atomic E-state index is 5.29. The summed E-state index contributed by atoms with van der Waals surface area (Å²) in [5.74, 6) is 0.664. The molecule has 3 heterocycles. The molecule has 0 fully saturated rings. The molecule has 0 N–H and O–H groups in total. The molecule has 7 aromatic rings. The van der Waals surface area contributed by atoms with Crippen molar-refractivity contribution in [1.82, 2.24) is 9.97 Å². The second-order valence-electron chi connectivity index (χ2n) is 11.0. The number of benzene rings is 6. The van der Waals surface area contributed by atoms with Gasteiger partial charge in [0.05, 0.1) is 33.5 Å². The fourth-order valence-corrected chi connectivity index (χ4v) is 6.40. The van der Waals surface area contributed by atoms with Crippen molar-refractivity contribution in [3.63, 3.8) is 0 Å². The minimum atomic E-state index is 0.664. The van der Waals surface area contributed by atoms with Crippen molar-refractivity contribution in [3.8, 4) is 56.2 Å². The smallest absolute Gasteiger partial charge is 0.161 e. The molecule has 0 atom stereocenters. The standard InChI is InChI=1S/C40H24N4/c1-4-12-25(13-5-1)28-20-22-32-37(38-33(41-32)23-21-30-29-18-10-11-19-31(29)42-39(30)38)36(28)40-43-34(26-14-6-2-7-15-26)24-35(44-40)27-16-8-3-9-17-27/h1-24H.